The summed E-state index contributed by atoms with van der Waals surface area (Å²) in [4.78, 5) is 1.11. The fourth-order valence-electron chi connectivity index (χ4n) is 7.56. The van der Waals surface area contributed by atoms with Crippen molar-refractivity contribution in [3.8, 4) is 11.5 Å². The van der Waals surface area contributed by atoms with Crippen LogP contribution in [0.1, 0.15) is 79.7 Å². The minimum absolute atomic E-state index is 0.00418. The number of benzene rings is 3. The second kappa shape index (κ2) is 13.7. The molecule has 0 amide bonds. The number of alkyl halides is 3. The topological polar surface area (TPSA) is 33.7 Å². The van der Waals surface area contributed by atoms with E-state index in [1.807, 2.05) is 30.3 Å². The molecule has 1 aliphatic carbocycles. The summed E-state index contributed by atoms with van der Waals surface area (Å²) in [6, 6.07) is 15.7. The van der Waals surface area contributed by atoms with Crippen LogP contribution in [-0.4, -0.2) is 43.4 Å². The summed E-state index contributed by atoms with van der Waals surface area (Å²) in [5.41, 5.74) is 2.03. The third-order valence-electron chi connectivity index (χ3n) is 9.82. The van der Waals surface area contributed by atoms with Gasteiger partial charge in [-0.25, -0.2) is 8.78 Å². The van der Waals surface area contributed by atoms with E-state index in [2.05, 4.69) is 5.32 Å². The zero-order valence-electron chi connectivity index (χ0n) is 25.5. The first kappa shape index (κ1) is 31.8. The molecule has 0 bridgehead atoms. The van der Waals surface area contributed by atoms with E-state index in [9.17, 15) is 13.2 Å². The third kappa shape index (κ3) is 7.80. The molecule has 9 heteroatoms. The van der Waals surface area contributed by atoms with Crippen LogP contribution in [0.3, 0.4) is 0 Å². The Labute approximate surface area is 261 Å². The molecule has 1 spiro atoms. The lowest BCUT2D eigenvalue weighted by Gasteiger charge is -2.38. The number of hydrogen-bond acceptors (Lipinski definition) is 4. The monoisotopic (exact) mass is 628 g/mol. The van der Waals surface area contributed by atoms with Crippen molar-refractivity contribution in [2.24, 2.45) is 5.41 Å². The van der Waals surface area contributed by atoms with Crippen LogP contribution in [0.5, 0.6) is 11.5 Å². The van der Waals surface area contributed by atoms with E-state index in [-0.39, 0.29) is 18.4 Å². The van der Waals surface area contributed by atoms with Gasteiger partial charge in [-0.1, -0.05) is 36.4 Å². The molecule has 2 fully saturated rings. The van der Waals surface area contributed by atoms with Gasteiger partial charge in [0.1, 0.15) is 29.7 Å². The van der Waals surface area contributed by atoms with Crippen LogP contribution in [0.2, 0.25) is 0 Å². The predicted octanol–water partition coefficient (Wildman–Crippen LogP) is 8.53. The van der Waals surface area contributed by atoms with Crippen molar-refractivity contribution >= 4 is 0 Å². The average Bonchev–Trinajstić information content (AvgIpc) is 3.36. The smallest absolute Gasteiger partial charge is 0.401 e. The van der Waals surface area contributed by atoms with Crippen LogP contribution in [0.25, 0.3) is 0 Å². The Morgan fingerprint density at radius 3 is 2.40 bits per heavy atom. The molecule has 1 saturated carbocycles. The number of fused-ring (bicyclic) bond motifs is 1. The Morgan fingerprint density at radius 1 is 0.844 bits per heavy atom. The standard InChI is InChI=1S/C36H41F5N2O2/c37-31-21-29(45-27-8-4-13-35(15-11-27)14-5-17-42-18-16-35)22-32(38)33(31)34-30-10-9-28(44-23-25-6-2-1-3-7-25)20-26(30)12-19-43(34)24-36(39,40)41/h1-3,6-7,9-10,20-22,27,34,42H,4-5,8,11-19,23-24H2. The van der Waals surface area contributed by atoms with Gasteiger partial charge in [-0.15, -0.1) is 0 Å². The Kier molecular flexibility index (Phi) is 9.66. The second-order valence-corrected chi connectivity index (χ2v) is 12.9. The second-order valence-electron chi connectivity index (χ2n) is 12.9. The molecular weight excluding hydrogens is 587 g/mol. The maximum atomic E-state index is 15.9. The summed E-state index contributed by atoms with van der Waals surface area (Å²) in [6.45, 7) is 1.10. The van der Waals surface area contributed by atoms with E-state index >= 15 is 8.78 Å². The van der Waals surface area contributed by atoms with Gasteiger partial charge in [-0.05, 0) is 105 Å². The zero-order valence-corrected chi connectivity index (χ0v) is 25.5. The number of hydrogen-bond donors (Lipinski definition) is 1. The van der Waals surface area contributed by atoms with Crippen LogP contribution in [0.4, 0.5) is 22.0 Å². The molecule has 0 aromatic heterocycles. The zero-order chi connectivity index (χ0) is 31.4. The van der Waals surface area contributed by atoms with Crippen LogP contribution in [-0.2, 0) is 13.0 Å². The van der Waals surface area contributed by atoms with Gasteiger partial charge < -0.3 is 14.8 Å². The lowest BCUT2D eigenvalue weighted by atomic mass is 9.74. The van der Waals surface area contributed by atoms with Gasteiger partial charge in [0, 0.05) is 24.2 Å². The highest BCUT2D eigenvalue weighted by Gasteiger charge is 2.40. The molecule has 2 aliphatic heterocycles. The maximum absolute atomic E-state index is 15.9. The third-order valence-corrected chi connectivity index (χ3v) is 9.82. The van der Waals surface area contributed by atoms with E-state index in [1.54, 1.807) is 18.2 Å². The minimum atomic E-state index is -4.53. The molecule has 1 saturated heterocycles. The van der Waals surface area contributed by atoms with Crippen molar-refractivity contribution in [3.63, 3.8) is 0 Å². The molecule has 3 aromatic rings. The molecule has 2 heterocycles. The first-order valence-electron chi connectivity index (χ1n) is 16.1. The van der Waals surface area contributed by atoms with E-state index in [0.717, 1.165) is 80.6 Å². The Hall–Kier alpha value is -3.17. The normalized spacial score (nSPS) is 24.5. The molecule has 1 N–H and O–H groups in total. The van der Waals surface area contributed by atoms with Crippen molar-refractivity contribution in [1.29, 1.82) is 0 Å². The van der Waals surface area contributed by atoms with Gasteiger partial charge in [-0.2, -0.15) is 13.2 Å². The number of halogens is 5. The molecule has 242 valence electrons. The SMILES string of the molecule is Fc1cc(OC2CCCC3(CCCNCC3)CC2)cc(F)c1C1c2ccc(OCc3ccccc3)cc2CCN1CC(F)(F)F. The molecule has 6 rings (SSSR count). The molecular formula is C36H41F5N2O2. The minimum Gasteiger partial charge on any atom is -0.490 e. The van der Waals surface area contributed by atoms with E-state index in [1.165, 1.54) is 6.42 Å². The lowest BCUT2D eigenvalue weighted by Crippen LogP contribution is -2.42. The Bertz CT molecular complexity index is 1420. The number of rotatable bonds is 7. The summed E-state index contributed by atoms with van der Waals surface area (Å²) < 4.78 is 84.9. The van der Waals surface area contributed by atoms with Gasteiger partial charge >= 0.3 is 6.18 Å². The highest BCUT2D eigenvalue weighted by atomic mass is 19.4. The highest BCUT2D eigenvalue weighted by Crippen LogP contribution is 2.44. The average molecular weight is 629 g/mol. The van der Waals surface area contributed by atoms with Crippen LogP contribution in [0.15, 0.2) is 60.7 Å². The van der Waals surface area contributed by atoms with Crippen molar-refractivity contribution < 1.29 is 31.4 Å². The predicted molar refractivity (Wildman–Crippen MR) is 163 cm³/mol. The van der Waals surface area contributed by atoms with E-state index in [0.29, 0.717) is 35.3 Å². The molecule has 3 aliphatic rings. The van der Waals surface area contributed by atoms with Crippen molar-refractivity contribution in [3.05, 3.63) is 94.6 Å². The fourth-order valence-corrected chi connectivity index (χ4v) is 7.56. The van der Waals surface area contributed by atoms with Crippen molar-refractivity contribution in [1.82, 2.24) is 10.2 Å². The molecule has 3 atom stereocenters. The summed E-state index contributed by atoms with van der Waals surface area (Å²) in [6.07, 6.45) is 3.85. The molecule has 3 unspecified atom stereocenters. The molecule has 0 radical (unpaired) electrons. The molecule has 3 aromatic carbocycles. The molecule has 45 heavy (non-hydrogen) atoms. The summed E-state index contributed by atoms with van der Waals surface area (Å²) in [5.74, 6) is -1.17. The lowest BCUT2D eigenvalue weighted by molar-refractivity contribution is -0.150. The van der Waals surface area contributed by atoms with Crippen LogP contribution in [0, 0.1) is 17.0 Å². The van der Waals surface area contributed by atoms with Gasteiger partial charge in [-0.3, -0.25) is 4.90 Å². The van der Waals surface area contributed by atoms with Gasteiger partial charge in [0.15, 0.2) is 0 Å². The largest absolute Gasteiger partial charge is 0.490 e. The number of nitrogens with zero attached hydrogens (tertiary/aromatic N) is 1. The van der Waals surface area contributed by atoms with Crippen LogP contribution < -0.4 is 14.8 Å². The maximum Gasteiger partial charge on any atom is 0.401 e. The van der Waals surface area contributed by atoms with Crippen LogP contribution >= 0.6 is 0 Å². The Morgan fingerprint density at radius 2 is 1.62 bits per heavy atom. The number of ether oxygens (including phenoxy) is 2. The summed E-state index contributed by atoms with van der Waals surface area (Å²) in [7, 11) is 0. The van der Waals surface area contributed by atoms with Gasteiger partial charge in [0.05, 0.1) is 18.7 Å². The Balaban J connectivity index is 1.23. The number of nitrogens with one attached hydrogen (secondary N) is 1. The van der Waals surface area contributed by atoms with Gasteiger partial charge in [0.2, 0.25) is 0 Å². The molecule has 4 nitrogen and oxygen atoms in total. The van der Waals surface area contributed by atoms with E-state index < -0.39 is 36.0 Å². The first-order chi connectivity index (χ1) is 21.7. The first-order valence-corrected chi connectivity index (χ1v) is 16.1. The van der Waals surface area contributed by atoms with E-state index in [4.69, 9.17) is 9.47 Å². The van der Waals surface area contributed by atoms with Crippen molar-refractivity contribution in [2.75, 3.05) is 26.2 Å². The quantitative estimate of drug-likeness (QED) is 0.266. The van der Waals surface area contributed by atoms with Gasteiger partial charge in [0.25, 0.3) is 0 Å². The summed E-state index contributed by atoms with van der Waals surface area (Å²) in [5, 5.41) is 3.48. The summed E-state index contributed by atoms with van der Waals surface area (Å²) >= 11 is 0. The highest BCUT2D eigenvalue weighted by molar-refractivity contribution is 5.46. The fraction of sp³-hybridized carbons (Fsp3) is 0.500. The van der Waals surface area contributed by atoms with Crippen molar-refractivity contribution in [2.45, 2.75) is 82.7 Å².